The molecule has 0 bridgehead atoms. The Labute approximate surface area is 322 Å². The van der Waals surface area contributed by atoms with E-state index in [1.165, 1.54) is 110 Å². The second-order valence-corrected chi connectivity index (χ2v) is 17.3. The predicted molar refractivity (Wildman–Crippen MR) is 232 cm³/mol. The zero-order chi connectivity index (χ0) is 37.0. The van der Waals surface area contributed by atoms with Gasteiger partial charge in [0, 0.05) is 22.4 Å². The molecule has 0 spiro atoms. The van der Waals surface area contributed by atoms with Crippen LogP contribution in [0.2, 0.25) is 0 Å². The van der Waals surface area contributed by atoms with Gasteiger partial charge in [0.25, 0.3) is 0 Å². The largest absolute Gasteiger partial charge is 0.310 e. The van der Waals surface area contributed by atoms with E-state index in [0.717, 1.165) is 5.69 Å². The number of fused-ring (bicyclic) bond motifs is 4. The van der Waals surface area contributed by atoms with E-state index in [1.54, 1.807) is 0 Å². The Morgan fingerprint density at radius 3 is 1.78 bits per heavy atom. The molecule has 1 heteroatoms. The number of rotatable bonds is 6. The molecule has 1 fully saturated rings. The Morgan fingerprint density at radius 1 is 0.500 bits per heavy atom. The van der Waals surface area contributed by atoms with Gasteiger partial charge in [0.05, 0.1) is 5.69 Å². The summed E-state index contributed by atoms with van der Waals surface area (Å²) in [7, 11) is 0. The summed E-state index contributed by atoms with van der Waals surface area (Å²) in [6, 6.07) is 57.4. The van der Waals surface area contributed by atoms with Gasteiger partial charge >= 0.3 is 0 Å². The number of hydrogen-bond donors (Lipinski definition) is 0. The molecule has 1 nitrogen and oxygen atoms in total. The van der Waals surface area contributed by atoms with Crippen LogP contribution >= 0.6 is 0 Å². The first-order valence-electron chi connectivity index (χ1n) is 20.0. The third-order valence-corrected chi connectivity index (χ3v) is 12.4. The van der Waals surface area contributed by atoms with Crippen LogP contribution in [0.4, 0.5) is 17.1 Å². The van der Waals surface area contributed by atoms with Crippen LogP contribution in [-0.2, 0) is 10.8 Å². The second-order valence-electron chi connectivity index (χ2n) is 17.3. The molecule has 9 rings (SSSR count). The standard InChI is InChI=1S/C53H51N/c1-52(2,3)48-21-13-11-20-45(48)47-33-40-17-9-10-18-41(40)34-51(47)54(43-31-32-46-44-19-12-14-22-49(44)53(4,5)50(46)35-43)42-29-27-39(28-30-42)38-25-23-37(24-26-38)36-15-7-6-8-16-36/h9-14,17-36H,6-8,15-16H2,1-5H3. The molecule has 2 aliphatic rings. The van der Waals surface area contributed by atoms with E-state index in [4.69, 9.17) is 0 Å². The lowest BCUT2D eigenvalue weighted by atomic mass is 9.81. The SMILES string of the molecule is CC(C)(C)c1ccccc1-c1cc2ccccc2cc1N(c1ccc(-c2ccc(C3CCCCC3)cc2)cc1)c1ccc2c(c1)C(C)(C)c1ccccc1-2. The van der Waals surface area contributed by atoms with Crippen molar-refractivity contribution in [1.29, 1.82) is 0 Å². The molecular formula is C53H51N. The zero-order valence-corrected chi connectivity index (χ0v) is 32.5. The molecule has 0 aliphatic heterocycles. The Bertz CT molecular complexity index is 2470. The van der Waals surface area contributed by atoms with E-state index in [1.807, 2.05) is 0 Å². The minimum atomic E-state index is -0.105. The van der Waals surface area contributed by atoms with E-state index in [9.17, 15) is 0 Å². The molecule has 0 unspecified atom stereocenters. The number of anilines is 3. The monoisotopic (exact) mass is 701 g/mol. The summed E-state index contributed by atoms with van der Waals surface area (Å²) in [6.07, 6.45) is 6.76. The summed E-state index contributed by atoms with van der Waals surface area (Å²) in [6.45, 7) is 11.7. The van der Waals surface area contributed by atoms with Crippen LogP contribution in [-0.4, -0.2) is 0 Å². The van der Waals surface area contributed by atoms with Gasteiger partial charge in [-0.2, -0.15) is 0 Å². The van der Waals surface area contributed by atoms with E-state index >= 15 is 0 Å². The first kappa shape index (κ1) is 34.4. The van der Waals surface area contributed by atoms with Crippen LogP contribution in [0.1, 0.15) is 94.9 Å². The van der Waals surface area contributed by atoms with Crippen molar-refractivity contribution in [3.63, 3.8) is 0 Å². The van der Waals surface area contributed by atoms with Crippen molar-refractivity contribution in [2.45, 2.75) is 83.5 Å². The quantitative estimate of drug-likeness (QED) is 0.167. The van der Waals surface area contributed by atoms with Crippen LogP contribution in [0.25, 0.3) is 44.2 Å². The molecule has 0 aromatic heterocycles. The minimum Gasteiger partial charge on any atom is -0.310 e. The van der Waals surface area contributed by atoms with Gasteiger partial charge in [0.15, 0.2) is 0 Å². The number of nitrogens with zero attached hydrogens (tertiary/aromatic N) is 1. The smallest absolute Gasteiger partial charge is 0.0546 e. The predicted octanol–water partition coefficient (Wildman–Crippen LogP) is 15.3. The van der Waals surface area contributed by atoms with Crippen LogP contribution < -0.4 is 4.90 Å². The van der Waals surface area contributed by atoms with Crippen LogP contribution in [0.5, 0.6) is 0 Å². The summed E-state index contributed by atoms with van der Waals surface area (Å²) in [5.41, 5.74) is 16.7. The molecule has 0 saturated heterocycles. The van der Waals surface area contributed by atoms with Crippen molar-refractivity contribution in [2.75, 3.05) is 4.90 Å². The highest BCUT2D eigenvalue weighted by Crippen LogP contribution is 2.52. The topological polar surface area (TPSA) is 3.24 Å². The summed E-state index contributed by atoms with van der Waals surface area (Å²) in [5, 5.41) is 2.48. The minimum absolute atomic E-state index is 0.0259. The van der Waals surface area contributed by atoms with Crippen molar-refractivity contribution in [2.24, 2.45) is 0 Å². The third kappa shape index (κ3) is 6.05. The van der Waals surface area contributed by atoms with Crippen LogP contribution in [0.3, 0.4) is 0 Å². The molecule has 0 radical (unpaired) electrons. The fourth-order valence-electron chi connectivity index (χ4n) is 9.45. The zero-order valence-electron chi connectivity index (χ0n) is 32.5. The van der Waals surface area contributed by atoms with Crippen LogP contribution in [0.15, 0.2) is 152 Å². The van der Waals surface area contributed by atoms with Crippen LogP contribution in [0, 0.1) is 0 Å². The highest BCUT2D eigenvalue weighted by molar-refractivity contribution is 5.99. The van der Waals surface area contributed by atoms with Crippen molar-refractivity contribution in [3.05, 3.63) is 174 Å². The molecule has 1 saturated carbocycles. The Morgan fingerprint density at radius 2 is 1.07 bits per heavy atom. The van der Waals surface area contributed by atoms with Gasteiger partial charge in [0.1, 0.15) is 0 Å². The fourth-order valence-corrected chi connectivity index (χ4v) is 9.45. The molecular weight excluding hydrogens is 651 g/mol. The van der Waals surface area contributed by atoms with Gasteiger partial charge in [-0.25, -0.2) is 0 Å². The van der Waals surface area contributed by atoms with Gasteiger partial charge in [-0.3, -0.25) is 0 Å². The van der Waals surface area contributed by atoms with Gasteiger partial charge in [0.2, 0.25) is 0 Å². The lowest BCUT2D eigenvalue weighted by molar-refractivity contribution is 0.443. The lowest BCUT2D eigenvalue weighted by Crippen LogP contribution is -2.17. The summed E-state index contributed by atoms with van der Waals surface area (Å²) in [4.78, 5) is 2.51. The summed E-state index contributed by atoms with van der Waals surface area (Å²) >= 11 is 0. The van der Waals surface area contributed by atoms with Gasteiger partial charge < -0.3 is 4.90 Å². The van der Waals surface area contributed by atoms with E-state index in [-0.39, 0.29) is 10.8 Å². The normalized spacial score (nSPS) is 15.2. The maximum Gasteiger partial charge on any atom is 0.0546 e. The molecule has 0 atom stereocenters. The highest BCUT2D eigenvalue weighted by atomic mass is 15.1. The summed E-state index contributed by atoms with van der Waals surface area (Å²) < 4.78 is 0. The van der Waals surface area contributed by atoms with E-state index < -0.39 is 0 Å². The van der Waals surface area contributed by atoms with Crippen molar-refractivity contribution >= 4 is 27.8 Å². The first-order valence-corrected chi connectivity index (χ1v) is 20.0. The Hall–Kier alpha value is -5.40. The van der Waals surface area contributed by atoms with E-state index in [2.05, 4.69) is 191 Å². The molecule has 7 aromatic rings. The molecule has 7 aromatic carbocycles. The molecule has 268 valence electrons. The first-order chi connectivity index (χ1) is 26.2. The van der Waals surface area contributed by atoms with Crippen molar-refractivity contribution in [1.82, 2.24) is 0 Å². The maximum atomic E-state index is 2.51. The van der Waals surface area contributed by atoms with Crippen molar-refractivity contribution < 1.29 is 0 Å². The average Bonchev–Trinajstić information content (AvgIpc) is 3.43. The highest BCUT2D eigenvalue weighted by Gasteiger charge is 2.36. The Kier molecular flexibility index (Phi) is 8.57. The number of hydrogen-bond acceptors (Lipinski definition) is 1. The third-order valence-electron chi connectivity index (χ3n) is 12.4. The second kappa shape index (κ2) is 13.5. The van der Waals surface area contributed by atoms with Gasteiger partial charge in [-0.15, -0.1) is 0 Å². The van der Waals surface area contributed by atoms with Gasteiger partial charge in [-0.05, 0) is 121 Å². The molecule has 54 heavy (non-hydrogen) atoms. The van der Waals surface area contributed by atoms with Crippen molar-refractivity contribution in [3.8, 4) is 33.4 Å². The maximum absolute atomic E-state index is 2.51. The average molecular weight is 702 g/mol. The number of benzene rings is 7. The molecule has 0 amide bonds. The van der Waals surface area contributed by atoms with Gasteiger partial charge in [-0.1, -0.05) is 169 Å². The molecule has 0 N–H and O–H groups in total. The van der Waals surface area contributed by atoms with E-state index in [0.29, 0.717) is 5.92 Å². The fraction of sp³-hybridized carbons (Fsp3) is 0.245. The Balaban J connectivity index is 1.22. The summed E-state index contributed by atoms with van der Waals surface area (Å²) in [5.74, 6) is 0.716. The lowest BCUT2D eigenvalue weighted by Gasteiger charge is -2.31. The molecule has 2 aliphatic carbocycles. The molecule has 0 heterocycles.